The first kappa shape index (κ1) is 13.8. The lowest BCUT2D eigenvalue weighted by Gasteiger charge is -2.20. The molecule has 2 aromatic rings. The van der Waals surface area contributed by atoms with Crippen LogP contribution in [0, 0.1) is 5.82 Å². The summed E-state index contributed by atoms with van der Waals surface area (Å²) in [4.78, 5) is 4.60. The summed E-state index contributed by atoms with van der Waals surface area (Å²) in [6.45, 7) is 9.37. The molecule has 1 N–H and O–H groups in total. The van der Waals surface area contributed by atoms with E-state index >= 15 is 0 Å². The van der Waals surface area contributed by atoms with Gasteiger partial charge < -0.3 is 5.32 Å². The van der Waals surface area contributed by atoms with Crippen LogP contribution in [0.3, 0.4) is 0 Å². The van der Waals surface area contributed by atoms with Gasteiger partial charge in [-0.15, -0.1) is 0 Å². The Hall–Kier alpha value is -1.64. The highest BCUT2D eigenvalue weighted by atomic mass is 19.1. The highest BCUT2D eigenvalue weighted by molar-refractivity contribution is 5.91. The summed E-state index contributed by atoms with van der Waals surface area (Å²) in [6.07, 6.45) is 1.05. The van der Waals surface area contributed by atoms with E-state index < -0.39 is 0 Å². The fourth-order valence-corrected chi connectivity index (χ4v) is 1.99. The first-order chi connectivity index (χ1) is 8.91. The van der Waals surface area contributed by atoms with E-state index in [0.29, 0.717) is 5.52 Å². The van der Waals surface area contributed by atoms with Gasteiger partial charge in [0.25, 0.3) is 0 Å². The molecule has 0 aliphatic carbocycles. The fraction of sp³-hybridized carbons (Fsp3) is 0.438. The third-order valence-corrected chi connectivity index (χ3v) is 3.11. The van der Waals surface area contributed by atoms with Crippen LogP contribution in [0.15, 0.2) is 24.3 Å². The number of rotatable bonds is 3. The van der Waals surface area contributed by atoms with Crippen molar-refractivity contribution in [2.24, 2.45) is 0 Å². The van der Waals surface area contributed by atoms with Crippen molar-refractivity contribution < 1.29 is 4.39 Å². The molecule has 1 aromatic heterocycles. The number of anilines is 1. The maximum Gasteiger partial charge on any atom is 0.125 e. The van der Waals surface area contributed by atoms with E-state index in [0.717, 1.165) is 29.7 Å². The van der Waals surface area contributed by atoms with Gasteiger partial charge in [0.1, 0.15) is 5.82 Å². The Morgan fingerprint density at radius 2 is 1.95 bits per heavy atom. The van der Waals surface area contributed by atoms with Crippen LogP contribution < -0.4 is 5.32 Å². The van der Waals surface area contributed by atoms with Gasteiger partial charge in [-0.1, -0.05) is 27.7 Å². The van der Waals surface area contributed by atoms with Crippen LogP contribution in [0.4, 0.5) is 10.1 Å². The van der Waals surface area contributed by atoms with Crippen molar-refractivity contribution in [3.05, 3.63) is 35.8 Å². The number of hydrogen-bond acceptors (Lipinski definition) is 2. The molecule has 0 amide bonds. The molecular formula is C16H21FN2. The first-order valence-electron chi connectivity index (χ1n) is 6.76. The largest absolute Gasteiger partial charge is 0.384 e. The number of benzene rings is 1. The van der Waals surface area contributed by atoms with Gasteiger partial charge in [0.2, 0.25) is 0 Å². The lowest BCUT2D eigenvalue weighted by atomic mass is 9.90. The average molecular weight is 260 g/mol. The zero-order valence-electron chi connectivity index (χ0n) is 12.0. The van der Waals surface area contributed by atoms with Crippen molar-refractivity contribution >= 4 is 16.6 Å². The molecule has 0 atom stereocenters. The van der Waals surface area contributed by atoms with Crippen molar-refractivity contribution in [1.29, 1.82) is 0 Å². The van der Waals surface area contributed by atoms with Crippen LogP contribution in [0.1, 0.15) is 39.8 Å². The van der Waals surface area contributed by atoms with Gasteiger partial charge in [-0.3, -0.25) is 4.98 Å². The van der Waals surface area contributed by atoms with Gasteiger partial charge in [-0.05, 0) is 24.6 Å². The van der Waals surface area contributed by atoms with Crippen molar-refractivity contribution in [3.63, 3.8) is 0 Å². The molecule has 1 heterocycles. The lowest BCUT2D eigenvalue weighted by molar-refractivity contribution is 0.571. The van der Waals surface area contributed by atoms with E-state index in [1.807, 2.05) is 0 Å². The smallest absolute Gasteiger partial charge is 0.125 e. The van der Waals surface area contributed by atoms with Gasteiger partial charge in [0.05, 0.1) is 5.52 Å². The highest BCUT2D eigenvalue weighted by Crippen LogP contribution is 2.29. The molecule has 0 saturated carbocycles. The maximum absolute atomic E-state index is 13.4. The van der Waals surface area contributed by atoms with Gasteiger partial charge >= 0.3 is 0 Å². The Morgan fingerprint density at radius 3 is 2.58 bits per heavy atom. The molecule has 102 valence electrons. The molecule has 2 rings (SSSR count). The Bertz CT molecular complexity index is 585. The Balaban J connectivity index is 2.62. The standard InChI is InChI=1S/C16H21FN2/c1-5-8-18-13-10-15(16(2,3)4)19-14-9-11(17)6-7-12(13)14/h6-7,9-10H,5,8H2,1-4H3,(H,18,19). The fourth-order valence-electron chi connectivity index (χ4n) is 1.99. The molecule has 0 radical (unpaired) electrons. The second kappa shape index (κ2) is 5.16. The van der Waals surface area contributed by atoms with Crippen molar-refractivity contribution in [2.75, 3.05) is 11.9 Å². The molecule has 2 nitrogen and oxygen atoms in total. The van der Waals surface area contributed by atoms with E-state index in [1.165, 1.54) is 12.1 Å². The van der Waals surface area contributed by atoms with E-state index in [4.69, 9.17) is 0 Å². The van der Waals surface area contributed by atoms with Gasteiger partial charge in [0.15, 0.2) is 0 Å². The molecule has 0 spiro atoms. The number of nitrogens with zero attached hydrogens (tertiary/aromatic N) is 1. The van der Waals surface area contributed by atoms with Crippen LogP contribution in [0.25, 0.3) is 10.9 Å². The molecule has 0 saturated heterocycles. The minimum Gasteiger partial charge on any atom is -0.384 e. The van der Waals surface area contributed by atoms with Crippen molar-refractivity contribution in [2.45, 2.75) is 39.5 Å². The van der Waals surface area contributed by atoms with Crippen LogP contribution in [-0.2, 0) is 5.41 Å². The van der Waals surface area contributed by atoms with E-state index in [1.54, 1.807) is 6.07 Å². The van der Waals surface area contributed by atoms with Gasteiger partial charge in [0, 0.05) is 34.8 Å². The number of halogens is 1. The number of fused-ring (bicyclic) bond motifs is 1. The summed E-state index contributed by atoms with van der Waals surface area (Å²) in [6, 6.07) is 6.86. The van der Waals surface area contributed by atoms with Crippen LogP contribution in [0.2, 0.25) is 0 Å². The summed E-state index contributed by atoms with van der Waals surface area (Å²) < 4.78 is 13.4. The average Bonchev–Trinajstić information content (AvgIpc) is 2.33. The summed E-state index contributed by atoms with van der Waals surface area (Å²) in [7, 11) is 0. The second-order valence-electron chi connectivity index (χ2n) is 5.89. The van der Waals surface area contributed by atoms with Crippen LogP contribution in [0.5, 0.6) is 0 Å². The predicted molar refractivity (Wildman–Crippen MR) is 79.2 cm³/mol. The number of hydrogen-bond donors (Lipinski definition) is 1. The minimum atomic E-state index is -0.243. The Labute approximate surface area is 114 Å². The van der Waals surface area contributed by atoms with Crippen LogP contribution in [-0.4, -0.2) is 11.5 Å². The van der Waals surface area contributed by atoms with Crippen LogP contribution >= 0.6 is 0 Å². The summed E-state index contributed by atoms with van der Waals surface area (Å²) in [5.41, 5.74) is 2.68. The predicted octanol–water partition coefficient (Wildman–Crippen LogP) is 4.49. The summed E-state index contributed by atoms with van der Waals surface area (Å²) >= 11 is 0. The quantitative estimate of drug-likeness (QED) is 0.879. The normalized spacial score (nSPS) is 11.8. The molecule has 1 aromatic carbocycles. The van der Waals surface area contributed by atoms with E-state index in [9.17, 15) is 4.39 Å². The molecule has 19 heavy (non-hydrogen) atoms. The van der Waals surface area contributed by atoms with Gasteiger partial charge in [-0.25, -0.2) is 4.39 Å². The third-order valence-electron chi connectivity index (χ3n) is 3.11. The molecule has 0 bridgehead atoms. The molecular weight excluding hydrogens is 239 g/mol. The number of nitrogens with one attached hydrogen (secondary N) is 1. The topological polar surface area (TPSA) is 24.9 Å². The van der Waals surface area contributed by atoms with Crippen molar-refractivity contribution in [1.82, 2.24) is 4.98 Å². The molecule has 0 fully saturated rings. The minimum absolute atomic E-state index is 0.0524. The molecule has 0 aliphatic rings. The first-order valence-corrected chi connectivity index (χ1v) is 6.76. The number of aromatic nitrogens is 1. The third kappa shape index (κ3) is 3.03. The summed E-state index contributed by atoms with van der Waals surface area (Å²) in [5, 5.41) is 4.38. The highest BCUT2D eigenvalue weighted by Gasteiger charge is 2.18. The zero-order chi connectivity index (χ0) is 14.0. The maximum atomic E-state index is 13.4. The Morgan fingerprint density at radius 1 is 1.21 bits per heavy atom. The lowest BCUT2D eigenvalue weighted by Crippen LogP contribution is -2.14. The second-order valence-corrected chi connectivity index (χ2v) is 5.89. The molecule has 0 aliphatic heterocycles. The zero-order valence-corrected chi connectivity index (χ0v) is 12.0. The summed E-state index contributed by atoms with van der Waals surface area (Å²) in [5.74, 6) is -0.243. The van der Waals surface area contributed by atoms with Gasteiger partial charge in [-0.2, -0.15) is 0 Å². The van der Waals surface area contributed by atoms with E-state index in [2.05, 4.69) is 44.1 Å². The number of pyridine rings is 1. The monoisotopic (exact) mass is 260 g/mol. The Kier molecular flexibility index (Phi) is 3.74. The van der Waals surface area contributed by atoms with E-state index in [-0.39, 0.29) is 11.2 Å². The molecule has 0 unspecified atom stereocenters. The van der Waals surface area contributed by atoms with Crippen molar-refractivity contribution in [3.8, 4) is 0 Å². The molecule has 3 heteroatoms. The SMILES string of the molecule is CCCNc1cc(C(C)(C)C)nc2cc(F)ccc12.